The molecule has 28 heavy (non-hydrogen) atoms. The van der Waals surface area contributed by atoms with Crippen LogP contribution in [0.15, 0.2) is 45.9 Å². The Morgan fingerprint density at radius 3 is 3.14 bits per heavy atom. The van der Waals surface area contributed by atoms with Crippen LogP contribution in [-0.4, -0.2) is 54.1 Å². The fourth-order valence-electron chi connectivity index (χ4n) is 3.86. The molecule has 0 spiro atoms. The van der Waals surface area contributed by atoms with Gasteiger partial charge >= 0.3 is 0 Å². The van der Waals surface area contributed by atoms with E-state index in [-0.39, 0.29) is 18.5 Å². The monoisotopic (exact) mass is 389 g/mol. The maximum Gasteiger partial charge on any atom is 0.187 e. The van der Waals surface area contributed by atoms with Gasteiger partial charge in [-0.3, -0.25) is 5.01 Å². The molecule has 0 bridgehead atoms. The third-order valence-electron chi connectivity index (χ3n) is 5.61. The van der Waals surface area contributed by atoms with E-state index in [0.717, 1.165) is 57.3 Å². The minimum atomic E-state index is -0.589. The fraction of sp³-hybridized carbons (Fsp3) is 0.714. The molecule has 4 aliphatic rings. The zero-order chi connectivity index (χ0) is 19.3. The lowest BCUT2D eigenvalue weighted by molar-refractivity contribution is -0.239. The van der Waals surface area contributed by atoms with Gasteiger partial charge in [0.1, 0.15) is 12.2 Å². The van der Waals surface area contributed by atoms with Crippen LogP contribution in [0.4, 0.5) is 0 Å². The van der Waals surface area contributed by atoms with Crippen LogP contribution in [0.5, 0.6) is 0 Å². The molecular weight excluding hydrogens is 358 g/mol. The number of nitrogens with zero attached hydrogens (tertiary/aromatic N) is 3. The summed E-state index contributed by atoms with van der Waals surface area (Å²) >= 11 is 0. The number of aliphatic hydroxyl groups is 1. The van der Waals surface area contributed by atoms with Gasteiger partial charge in [0, 0.05) is 13.0 Å². The van der Waals surface area contributed by atoms with Crippen LogP contribution < -0.4 is 0 Å². The second-order valence-electron chi connectivity index (χ2n) is 8.02. The second kappa shape index (κ2) is 9.31. The lowest BCUT2D eigenvalue weighted by atomic mass is 10.1. The van der Waals surface area contributed by atoms with Crippen LogP contribution in [0, 0.1) is 0 Å². The molecule has 5 atom stereocenters. The molecule has 2 saturated heterocycles. The summed E-state index contributed by atoms with van der Waals surface area (Å²) in [4.78, 5) is 0. The second-order valence-corrected chi connectivity index (χ2v) is 8.02. The summed E-state index contributed by atoms with van der Waals surface area (Å²) in [7, 11) is 0. The Hall–Kier alpha value is -1.54. The van der Waals surface area contributed by atoms with Gasteiger partial charge in [0.05, 0.1) is 18.3 Å². The molecule has 4 rings (SSSR count). The van der Waals surface area contributed by atoms with Crippen molar-refractivity contribution in [3.05, 3.63) is 35.6 Å². The zero-order valence-electron chi connectivity index (χ0n) is 16.6. The van der Waals surface area contributed by atoms with E-state index < -0.39 is 12.4 Å². The van der Waals surface area contributed by atoms with E-state index in [1.54, 1.807) is 0 Å². The van der Waals surface area contributed by atoms with Crippen molar-refractivity contribution in [3.63, 3.8) is 0 Å². The van der Waals surface area contributed by atoms with Gasteiger partial charge in [-0.2, -0.15) is 0 Å². The van der Waals surface area contributed by atoms with Crippen molar-refractivity contribution in [1.82, 2.24) is 5.01 Å². The predicted molar refractivity (Wildman–Crippen MR) is 104 cm³/mol. The molecule has 0 aromatic heterocycles. The molecule has 0 radical (unpaired) electrons. The Kier molecular flexibility index (Phi) is 6.57. The van der Waals surface area contributed by atoms with E-state index >= 15 is 0 Å². The SMILES string of the molecule is CC(CCCCCN1C/C(=C2/C=CC=CCC2)N=N1)OC1OC2OC2CC1O. The fourth-order valence-corrected chi connectivity index (χ4v) is 3.86. The summed E-state index contributed by atoms with van der Waals surface area (Å²) in [6, 6.07) is 0. The standard InChI is InChI=1S/C21H31N3O4/c1-15(26-20-18(25)13-19-21(27-19)28-20)9-5-4-8-12-24-14-17(22-23-24)16-10-6-2-3-7-11-16/h2-3,6,10,15,18-21,25H,4-5,7-9,11-14H2,1H3/b17-16+. The van der Waals surface area contributed by atoms with Crippen LogP contribution >= 0.6 is 0 Å². The van der Waals surface area contributed by atoms with Gasteiger partial charge in [0.25, 0.3) is 0 Å². The van der Waals surface area contributed by atoms with Crippen molar-refractivity contribution in [1.29, 1.82) is 0 Å². The Morgan fingerprint density at radius 1 is 1.29 bits per heavy atom. The number of allylic oxidation sites excluding steroid dienone is 5. The highest BCUT2D eigenvalue weighted by molar-refractivity contribution is 5.31. The lowest BCUT2D eigenvalue weighted by Gasteiger charge is -2.28. The quantitative estimate of drug-likeness (QED) is 0.507. The summed E-state index contributed by atoms with van der Waals surface area (Å²) in [5.41, 5.74) is 2.41. The summed E-state index contributed by atoms with van der Waals surface area (Å²) in [5.74, 6) is 0. The third kappa shape index (κ3) is 5.29. The van der Waals surface area contributed by atoms with Crippen molar-refractivity contribution < 1.29 is 19.3 Å². The Bertz CT molecular complexity index is 660. The van der Waals surface area contributed by atoms with Crippen molar-refractivity contribution in [2.45, 2.75) is 82.8 Å². The van der Waals surface area contributed by atoms with Crippen LogP contribution in [-0.2, 0) is 14.2 Å². The number of fused-ring (bicyclic) bond motifs is 1. The lowest BCUT2D eigenvalue weighted by Crippen LogP contribution is -2.40. The first-order valence-electron chi connectivity index (χ1n) is 10.6. The molecular formula is C21H31N3O4. The van der Waals surface area contributed by atoms with E-state index in [0.29, 0.717) is 6.42 Å². The third-order valence-corrected chi connectivity index (χ3v) is 5.61. The van der Waals surface area contributed by atoms with Gasteiger partial charge in [0.15, 0.2) is 12.6 Å². The van der Waals surface area contributed by atoms with E-state index in [9.17, 15) is 5.11 Å². The number of hydrogen-bond donors (Lipinski definition) is 1. The molecule has 7 nitrogen and oxygen atoms in total. The molecule has 1 aliphatic carbocycles. The summed E-state index contributed by atoms with van der Waals surface area (Å²) in [6.07, 6.45) is 14.3. The molecule has 3 aliphatic heterocycles. The minimum Gasteiger partial charge on any atom is -0.388 e. The number of hydrogen-bond acceptors (Lipinski definition) is 7. The smallest absolute Gasteiger partial charge is 0.187 e. The van der Waals surface area contributed by atoms with Crippen molar-refractivity contribution in [3.8, 4) is 0 Å². The van der Waals surface area contributed by atoms with Crippen LogP contribution in [0.25, 0.3) is 0 Å². The molecule has 0 saturated carbocycles. The summed E-state index contributed by atoms with van der Waals surface area (Å²) in [5, 5.41) is 20.8. The van der Waals surface area contributed by atoms with Gasteiger partial charge in [-0.05, 0) is 38.2 Å². The Morgan fingerprint density at radius 2 is 2.21 bits per heavy atom. The molecule has 2 fully saturated rings. The summed E-state index contributed by atoms with van der Waals surface area (Å²) in [6.45, 7) is 3.79. The van der Waals surface area contributed by atoms with Gasteiger partial charge in [0.2, 0.25) is 0 Å². The van der Waals surface area contributed by atoms with Crippen molar-refractivity contribution in [2.24, 2.45) is 10.3 Å². The van der Waals surface area contributed by atoms with Crippen LogP contribution in [0.1, 0.15) is 51.9 Å². The molecule has 3 heterocycles. The highest BCUT2D eigenvalue weighted by Gasteiger charge is 2.50. The number of rotatable bonds is 8. The molecule has 154 valence electrons. The molecule has 0 amide bonds. The van der Waals surface area contributed by atoms with Gasteiger partial charge in [-0.15, -0.1) is 5.11 Å². The number of unbranched alkanes of at least 4 members (excludes halogenated alkanes) is 2. The van der Waals surface area contributed by atoms with Crippen molar-refractivity contribution in [2.75, 3.05) is 13.1 Å². The van der Waals surface area contributed by atoms with Gasteiger partial charge in [-0.1, -0.05) is 42.4 Å². The molecule has 0 aromatic carbocycles. The molecule has 5 unspecified atom stereocenters. The predicted octanol–water partition coefficient (Wildman–Crippen LogP) is 3.63. The van der Waals surface area contributed by atoms with Crippen LogP contribution in [0.2, 0.25) is 0 Å². The first-order valence-corrected chi connectivity index (χ1v) is 10.6. The topological polar surface area (TPSA) is 79.2 Å². The highest BCUT2D eigenvalue weighted by Crippen LogP contribution is 2.36. The van der Waals surface area contributed by atoms with E-state index in [1.807, 2.05) is 6.92 Å². The van der Waals surface area contributed by atoms with E-state index in [1.165, 1.54) is 5.57 Å². The first kappa shape index (κ1) is 19.8. The molecule has 1 N–H and O–H groups in total. The van der Waals surface area contributed by atoms with E-state index in [2.05, 4.69) is 39.7 Å². The first-order chi connectivity index (χ1) is 13.7. The van der Waals surface area contributed by atoms with Crippen molar-refractivity contribution >= 4 is 0 Å². The number of aliphatic hydroxyl groups excluding tert-OH is 1. The van der Waals surface area contributed by atoms with E-state index in [4.69, 9.17) is 14.2 Å². The normalized spacial score (nSPS) is 35.1. The van der Waals surface area contributed by atoms with Gasteiger partial charge < -0.3 is 19.3 Å². The number of ether oxygens (including phenoxy) is 3. The average molecular weight is 389 g/mol. The van der Waals surface area contributed by atoms with Crippen LogP contribution in [0.3, 0.4) is 0 Å². The maximum atomic E-state index is 10.0. The maximum absolute atomic E-state index is 10.0. The van der Waals surface area contributed by atoms with Gasteiger partial charge in [-0.25, -0.2) is 0 Å². The molecule has 7 heteroatoms. The molecule has 0 aromatic rings. The largest absolute Gasteiger partial charge is 0.388 e. The Balaban J connectivity index is 1.09. The number of epoxide rings is 1. The average Bonchev–Trinajstić information content (AvgIpc) is 3.36. The minimum absolute atomic E-state index is 0.0633. The summed E-state index contributed by atoms with van der Waals surface area (Å²) < 4.78 is 16.7. The zero-order valence-corrected chi connectivity index (χ0v) is 16.6. The Labute approximate surface area is 166 Å². The highest BCUT2D eigenvalue weighted by atomic mass is 16.8.